The predicted molar refractivity (Wildman–Crippen MR) is 68.3 cm³/mol. The van der Waals surface area contributed by atoms with Gasteiger partial charge in [0.15, 0.2) is 0 Å². The highest BCUT2D eigenvalue weighted by atomic mass is 32.1. The molecule has 0 bridgehead atoms. The maximum Gasteiger partial charge on any atom is 0.244 e. The summed E-state index contributed by atoms with van der Waals surface area (Å²) >= 11 is 1.52. The van der Waals surface area contributed by atoms with Crippen LogP contribution in [0.15, 0.2) is 16.2 Å². The van der Waals surface area contributed by atoms with Crippen LogP contribution in [0.25, 0.3) is 10.7 Å². The van der Waals surface area contributed by atoms with Crippen LogP contribution in [0.4, 0.5) is 0 Å². The lowest BCUT2D eigenvalue weighted by atomic mass is 10.2. The van der Waals surface area contributed by atoms with Gasteiger partial charge >= 0.3 is 0 Å². The molecule has 1 aliphatic heterocycles. The Bertz CT molecular complexity index is 491. The van der Waals surface area contributed by atoms with Crippen molar-refractivity contribution in [2.24, 2.45) is 0 Å². The number of thiazole rings is 1. The molecule has 1 N–H and O–H groups in total. The summed E-state index contributed by atoms with van der Waals surface area (Å²) < 4.78 is 5.36. The first kappa shape index (κ1) is 11.8. The fraction of sp³-hybridized carbons (Fsp3) is 0.545. The zero-order valence-corrected chi connectivity index (χ0v) is 11.0. The first-order valence-corrected chi connectivity index (χ1v) is 6.90. The first-order chi connectivity index (χ1) is 8.84. The van der Waals surface area contributed by atoms with Gasteiger partial charge in [-0.3, -0.25) is 9.88 Å². The molecule has 0 radical (unpaired) electrons. The standard InChI is InChI=1S/C11H15N5OS/c1-8(16-4-2-12-3-5-16)11-14-10(15-17-11)9-6-13-7-18-9/h6-8,12H,2-5H2,1H3. The molecule has 0 saturated carbocycles. The van der Waals surface area contributed by atoms with Crippen molar-refractivity contribution >= 4 is 11.3 Å². The number of aromatic nitrogens is 3. The van der Waals surface area contributed by atoms with Gasteiger partial charge in [0.05, 0.1) is 16.4 Å². The Kier molecular flexibility index (Phi) is 3.35. The van der Waals surface area contributed by atoms with Crippen LogP contribution in [0.3, 0.4) is 0 Å². The largest absolute Gasteiger partial charge is 0.337 e. The molecule has 1 saturated heterocycles. The van der Waals surface area contributed by atoms with Crippen molar-refractivity contribution in [2.75, 3.05) is 26.2 Å². The second-order valence-electron chi connectivity index (χ2n) is 4.28. The van der Waals surface area contributed by atoms with Gasteiger partial charge in [0.25, 0.3) is 0 Å². The molecule has 6 nitrogen and oxygen atoms in total. The highest BCUT2D eigenvalue weighted by Gasteiger charge is 2.23. The van der Waals surface area contributed by atoms with E-state index in [2.05, 4.69) is 32.3 Å². The van der Waals surface area contributed by atoms with E-state index in [1.165, 1.54) is 11.3 Å². The van der Waals surface area contributed by atoms with Gasteiger partial charge < -0.3 is 9.84 Å². The molecule has 2 aromatic heterocycles. The molecule has 1 unspecified atom stereocenters. The lowest BCUT2D eigenvalue weighted by Gasteiger charge is -2.30. The SMILES string of the molecule is CC(c1nc(-c2cncs2)no1)N1CCNCC1. The minimum absolute atomic E-state index is 0.168. The monoisotopic (exact) mass is 265 g/mol. The number of nitrogens with zero attached hydrogens (tertiary/aromatic N) is 4. The second kappa shape index (κ2) is 5.13. The van der Waals surface area contributed by atoms with E-state index in [-0.39, 0.29) is 6.04 Å². The average Bonchev–Trinajstić information content (AvgIpc) is 3.09. The summed E-state index contributed by atoms with van der Waals surface area (Å²) in [6, 6.07) is 0.168. The zero-order valence-electron chi connectivity index (χ0n) is 10.2. The normalized spacial score (nSPS) is 18.9. The molecule has 96 valence electrons. The van der Waals surface area contributed by atoms with Gasteiger partial charge in [-0.25, -0.2) is 0 Å². The summed E-state index contributed by atoms with van der Waals surface area (Å²) in [7, 11) is 0. The lowest BCUT2D eigenvalue weighted by Crippen LogP contribution is -2.44. The third-order valence-electron chi connectivity index (χ3n) is 3.15. The Balaban J connectivity index is 1.76. The average molecular weight is 265 g/mol. The van der Waals surface area contributed by atoms with E-state index in [0.717, 1.165) is 31.1 Å². The van der Waals surface area contributed by atoms with Crippen LogP contribution < -0.4 is 5.32 Å². The molecule has 3 heterocycles. The third kappa shape index (κ3) is 2.29. The van der Waals surface area contributed by atoms with Crippen molar-refractivity contribution in [2.45, 2.75) is 13.0 Å². The van der Waals surface area contributed by atoms with Gasteiger partial charge in [-0.05, 0) is 6.92 Å². The highest BCUT2D eigenvalue weighted by Crippen LogP contribution is 2.24. The van der Waals surface area contributed by atoms with Gasteiger partial charge in [-0.2, -0.15) is 4.98 Å². The van der Waals surface area contributed by atoms with Crippen molar-refractivity contribution in [3.8, 4) is 10.7 Å². The Labute approximate surface area is 109 Å². The molecule has 3 rings (SSSR count). The zero-order chi connectivity index (χ0) is 12.4. The molecule has 0 amide bonds. The number of hydrogen-bond acceptors (Lipinski definition) is 7. The Hall–Kier alpha value is -1.31. The number of piperazine rings is 1. The molecular formula is C11H15N5OS. The van der Waals surface area contributed by atoms with E-state index in [0.29, 0.717) is 11.7 Å². The molecule has 1 fully saturated rings. The van der Waals surface area contributed by atoms with Crippen molar-refractivity contribution < 1.29 is 4.52 Å². The van der Waals surface area contributed by atoms with Crippen LogP contribution in [0.2, 0.25) is 0 Å². The van der Waals surface area contributed by atoms with E-state index < -0.39 is 0 Å². The summed E-state index contributed by atoms with van der Waals surface area (Å²) in [6.07, 6.45) is 1.76. The topological polar surface area (TPSA) is 67.1 Å². The van der Waals surface area contributed by atoms with Crippen LogP contribution in [0.1, 0.15) is 18.9 Å². The van der Waals surface area contributed by atoms with Crippen LogP contribution >= 0.6 is 11.3 Å². The van der Waals surface area contributed by atoms with Crippen molar-refractivity contribution in [1.82, 2.24) is 25.3 Å². The van der Waals surface area contributed by atoms with E-state index in [9.17, 15) is 0 Å². The quantitative estimate of drug-likeness (QED) is 0.898. The van der Waals surface area contributed by atoms with Crippen molar-refractivity contribution in [1.29, 1.82) is 0 Å². The van der Waals surface area contributed by atoms with Crippen LogP contribution in [0, 0.1) is 0 Å². The predicted octanol–water partition coefficient (Wildman–Crippen LogP) is 1.16. The number of rotatable bonds is 3. The van der Waals surface area contributed by atoms with Gasteiger partial charge in [0.2, 0.25) is 11.7 Å². The number of nitrogens with one attached hydrogen (secondary N) is 1. The summed E-state index contributed by atoms with van der Waals surface area (Å²) in [6.45, 7) is 6.16. The van der Waals surface area contributed by atoms with E-state index >= 15 is 0 Å². The molecule has 2 aromatic rings. The van der Waals surface area contributed by atoms with E-state index in [1.807, 2.05) is 0 Å². The molecule has 18 heavy (non-hydrogen) atoms. The summed E-state index contributed by atoms with van der Waals surface area (Å²) in [5.74, 6) is 1.31. The Morgan fingerprint density at radius 1 is 1.44 bits per heavy atom. The van der Waals surface area contributed by atoms with Gasteiger partial charge in [0, 0.05) is 32.4 Å². The molecule has 0 spiro atoms. The summed E-state index contributed by atoms with van der Waals surface area (Å²) in [5.41, 5.74) is 1.77. The van der Waals surface area contributed by atoms with Gasteiger partial charge in [-0.1, -0.05) is 5.16 Å². The molecular weight excluding hydrogens is 250 g/mol. The molecule has 0 aliphatic carbocycles. The first-order valence-electron chi connectivity index (χ1n) is 6.02. The van der Waals surface area contributed by atoms with Crippen LogP contribution in [-0.4, -0.2) is 46.2 Å². The highest BCUT2D eigenvalue weighted by molar-refractivity contribution is 7.13. The smallest absolute Gasteiger partial charge is 0.244 e. The third-order valence-corrected chi connectivity index (χ3v) is 3.92. The molecule has 7 heteroatoms. The Morgan fingerprint density at radius 3 is 3.00 bits per heavy atom. The molecule has 1 atom stereocenters. The molecule has 1 aliphatic rings. The summed E-state index contributed by atoms with van der Waals surface area (Å²) in [5, 5.41) is 7.35. The lowest BCUT2D eigenvalue weighted by molar-refractivity contribution is 0.154. The van der Waals surface area contributed by atoms with Crippen molar-refractivity contribution in [3.63, 3.8) is 0 Å². The summed E-state index contributed by atoms with van der Waals surface area (Å²) in [4.78, 5) is 11.8. The fourth-order valence-corrected chi connectivity index (χ4v) is 2.60. The molecule has 0 aromatic carbocycles. The van der Waals surface area contributed by atoms with E-state index in [1.54, 1.807) is 11.7 Å². The van der Waals surface area contributed by atoms with Crippen LogP contribution in [0.5, 0.6) is 0 Å². The fourth-order valence-electron chi connectivity index (χ4n) is 2.06. The van der Waals surface area contributed by atoms with Gasteiger partial charge in [0.1, 0.15) is 0 Å². The van der Waals surface area contributed by atoms with E-state index in [4.69, 9.17) is 4.52 Å². The maximum atomic E-state index is 5.36. The number of hydrogen-bond donors (Lipinski definition) is 1. The minimum atomic E-state index is 0.168. The van der Waals surface area contributed by atoms with Gasteiger partial charge in [-0.15, -0.1) is 11.3 Å². The minimum Gasteiger partial charge on any atom is -0.337 e. The Morgan fingerprint density at radius 2 is 2.28 bits per heavy atom. The van der Waals surface area contributed by atoms with Crippen molar-refractivity contribution in [3.05, 3.63) is 17.6 Å². The second-order valence-corrected chi connectivity index (χ2v) is 5.17. The van der Waals surface area contributed by atoms with Crippen LogP contribution in [-0.2, 0) is 0 Å². The maximum absolute atomic E-state index is 5.36.